The highest BCUT2D eigenvalue weighted by Crippen LogP contribution is 2.44. The summed E-state index contributed by atoms with van der Waals surface area (Å²) in [4.78, 5) is 0. The molecule has 0 saturated heterocycles. The smallest absolute Gasteiger partial charge is 0.0411 e. The molecule has 48 heavy (non-hydrogen) atoms. The number of fused-ring (bicyclic) bond motifs is 4. The van der Waals surface area contributed by atoms with Crippen LogP contribution in [-0.4, -0.2) is 10.5 Å². The first-order chi connectivity index (χ1) is 22.8. The van der Waals surface area contributed by atoms with Crippen LogP contribution in [0.2, 0.25) is 0 Å². The maximum atomic E-state index is 3.55. The fourth-order valence-electron chi connectivity index (χ4n) is 5.19. The van der Waals surface area contributed by atoms with Crippen LogP contribution in [-0.2, 0) is 0 Å². The van der Waals surface area contributed by atoms with Gasteiger partial charge in [-0.2, -0.15) is 0 Å². The maximum Gasteiger partial charge on any atom is 0.0411 e. The average molecular weight is 671 g/mol. The van der Waals surface area contributed by atoms with Crippen LogP contribution in [0.25, 0.3) is 53.9 Å². The van der Waals surface area contributed by atoms with E-state index in [1.807, 2.05) is 0 Å². The molecule has 2 heteroatoms. The van der Waals surface area contributed by atoms with E-state index in [4.69, 9.17) is 0 Å². The molecular formula is C46H54S2. The monoisotopic (exact) mass is 670 g/mol. The Morgan fingerprint density at radius 1 is 0.354 bits per heavy atom. The third-order valence-corrected chi connectivity index (χ3v) is 10.7. The van der Waals surface area contributed by atoms with Crippen LogP contribution >= 0.6 is 23.5 Å². The average Bonchev–Trinajstić information content (AvgIpc) is 3.05. The second-order valence-corrected chi connectivity index (χ2v) is 17.4. The van der Waals surface area contributed by atoms with Gasteiger partial charge in [-0.3, -0.25) is 0 Å². The van der Waals surface area contributed by atoms with Crippen molar-refractivity contribution in [1.82, 2.24) is 0 Å². The van der Waals surface area contributed by atoms with Crippen LogP contribution in [0.1, 0.15) is 94.2 Å². The Labute approximate surface area is 299 Å². The molecule has 6 aromatic carbocycles. The summed E-state index contributed by atoms with van der Waals surface area (Å²) in [7, 11) is 0. The van der Waals surface area contributed by atoms with Gasteiger partial charge in [0.2, 0.25) is 0 Å². The van der Waals surface area contributed by atoms with Crippen LogP contribution in [0.4, 0.5) is 0 Å². The van der Waals surface area contributed by atoms with E-state index in [0.717, 1.165) is 34.8 Å². The zero-order chi connectivity index (χ0) is 35.1. The van der Waals surface area contributed by atoms with E-state index < -0.39 is 0 Å². The number of rotatable bonds is 4. The third-order valence-electron chi connectivity index (χ3n) is 9.28. The minimum atomic E-state index is 0.472. The van der Waals surface area contributed by atoms with Crippen molar-refractivity contribution in [2.75, 3.05) is 0 Å². The third kappa shape index (κ3) is 8.64. The lowest BCUT2D eigenvalue weighted by Crippen LogP contribution is -1.95. The highest BCUT2D eigenvalue weighted by Gasteiger charge is 2.18. The quantitative estimate of drug-likeness (QED) is 0.104. The van der Waals surface area contributed by atoms with Gasteiger partial charge >= 0.3 is 0 Å². The Kier molecular flexibility index (Phi) is 13.2. The Morgan fingerprint density at radius 2 is 0.646 bits per heavy atom. The van der Waals surface area contributed by atoms with Gasteiger partial charge in [-0.05, 0) is 88.0 Å². The van der Waals surface area contributed by atoms with Crippen molar-refractivity contribution in [2.24, 2.45) is 23.7 Å². The first-order valence-corrected chi connectivity index (χ1v) is 19.5. The predicted octanol–water partition coefficient (Wildman–Crippen LogP) is 14.4. The summed E-state index contributed by atoms with van der Waals surface area (Å²) in [5, 5.41) is 20.3. The highest BCUT2D eigenvalue weighted by molar-refractivity contribution is 8.04. The van der Waals surface area contributed by atoms with Crippen molar-refractivity contribution in [2.45, 2.75) is 93.6 Å². The SMILES string of the molecule is CC(C)C(C)C.CC(C)C(C)C.CC(C)SC#Cc1c2ccccc2c2ccc3c(C#CSC(C)C)c4ccccc4c4ccc1c2c34. The summed E-state index contributed by atoms with van der Waals surface area (Å²) in [5.74, 6) is 10.5. The van der Waals surface area contributed by atoms with Crippen LogP contribution in [0.5, 0.6) is 0 Å². The minimum absolute atomic E-state index is 0.472. The zero-order valence-electron chi connectivity index (χ0n) is 31.2. The molecule has 0 heterocycles. The molecule has 0 unspecified atom stereocenters. The standard InChI is InChI=1S/C34H26S2.2C6H14/c1-21(2)35-19-17-27-23-9-5-7-11-25(23)29-14-16-32-28(18-20-36-22(3)4)24-10-6-8-12-26(24)30-13-15-31(27)33(29)34(30)32;2*1-5(2)6(3)4/h5-16,21-22H,1-4H3;2*5-6H,1-4H3. The first kappa shape index (κ1) is 37.5. The van der Waals surface area contributed by atoms with Gasteiger partial charge in [0.05, 0.1) is 0 Å². The lowest BCUT2D eigenvalue weighted by atomic mass is 9.84. The molecule has 0 aliphatic carbocycles. The molecule has 0 radical (unpaired) electrons. The molecule has 0 aromatic heterocycles. The lowest BCUT2D eigenvalue weighted by Gasteiger charge is -2.18. The Morgan fingerprint density at radius 3 is 0.938 bits per heavy atom. The van der Waals surface area contributed by atoms with Gasteiger partial charge in [-0.15, -0.1) is 0 Å². The summed E-state index contributed by atoms with van der Waals surface area (Å²) >= 11 is 3.38. The van der Waals surface area contributed by atoms with Crippen molar-refractivity contribution in [1.29, 1.82) is 0 Å². The van der Waals surface area contributed by atoms with Crippen LogP contribution < -0.4 is 0 Å². The molecule has 0 amide bonds. The van der Waals surface area contributed by atoms with E-state index in [1.165, 1.54) is 53.9 Å². The number of benzene rings is 6. The molecule has 0 bridgehead atoms. The van der Waals surface area contributed by atoms with Crippen molar-refractivity contribution in [3.63, 3.8) is 0 Å². The van der Waals surface area contributed by atoms with Gasteiger partial charge < -0.3 is 0 Å². The molecule has 0 aliphatic rings. The molecule has 0 aliphatic heterocycles. The van der Waals surface area contributed by atoms with Gasteiger partial charge in [0.1, 0.15) is 0 Å². The van der Waals surface area contributed by atoms with Crippen molar-refractivity contribution in [3.05, 3.63) is 83.9 Å². The molecule has 0 fully saturated rings. The van der Waals surface area contributed by atoms with E-state index in [2.05, 4.69) is 178 Å². The van der Waals surface area contributed by atoms with Crippen molar-refractivity contribution in [3.8, 4) is 22.3 Å². The van der Waals surface area contributed by atoms with E-state index in [9.17, 15) is 0 Å². The molecular weight excluding hydrogens is 617 g/mol. The number of hydrogen-bond donors (Lipinski definition) is 0. The van der Waals surface area contributed by atoms with E-state index in [1.54, 1.807) is 23.5 Å². The molecule has 250 valence electrons. The van der Waals surface area contributed by atoms with Crippen LogP contribution in [0.15, 0.2) is 72.8 Å². The summed E-state index contributed by atoms with van der Waals surface area (Å²) in [6.07, 6.45) is 0. The maximum absolute atomic E-state index is 3.55. The fraction of sp³-hybridized carbons (Fsp3) is 0.391. The van der Waals surface area contributed by atoms with E-state index >= 15 is 0 Å². The highest BCUT2D eigenvalue weighted by atomic mass is 32.2. The number of hydrogen-bond acceptors (Lipinski definition) is 2. The number of thioether (sulfide) groups is 2. The second kappa shape index (κ2) is 16.9. The largest absolute Gasteiger partial charge is 0.0719 e. The molecule has 0 nitrogen and oxygen atoms in total. The van der Waals surface area contributed by atoms with Crippen LogP contribution in [0, 0.1) is 46.0 Å². The van der Waals surface area contributed by atoms with Gasteiger partial charge in [0, 0.05) is 21.6 Å². The lowest BCUT2D eigenvalue weighted by molar-refractivity contribution is 0.457. The summed E-state index contributed by atoms with van der Waals surface area (Å²) < 4.78 is 0. The Bertz CT molecular complexity index is 1940. The topological polar surface area (TPSA) is 0 Å². The molecule has 0 spiro atoms. The Balaban J connectivity index is 0.000000373. The zero-order valence-corrected chi connectivity index (χ0v) is 32.8. The van der Waals surface area contributed by atoms with Gasteiger partial charge in [-0.25, -0.2) is 0 Å². The van der Waals surface area contributed by atoms with Gasteiger partial charge in [-0.1, -0.05) is 191 Å². The second-order valence-electron chi connectivity index (χ2n) is 14.7. The molecule has 6 rings (SSSR count). The van der Waals surface area contributed by atoms with Crippen molar-refractivity contribution >= 4 is 77.4 Å². The molecule has 0 saturated carbocycles. The van der Waals surface area contributed by atoms with Gasteiger partial charge in [0.15, 0.2) is 0 Å². The predicted molar refractivity (Wildman–Crippen MR) is 224 cm³/mol. The van der Waals surface area contributed by atoms with Gasteiger partial charge in [0.25, 0.3) is 0 Å². The first-order valence-electron chi connectivity index (χ1n) is 17.7. The normalized spacial score (nSPS) is 11.5. The van der Waals surface area contributed by atoms with Crippen LogP contribution in [0.3, 0.4) is 0 Å². The Hall–Kier alpha value is -3.30. The molecule has 6 aromatic rings. The van der Waals surface area contributed by atoms with E-state index in [-0.39, 0.29) is 0 Å². The minimum Gasteiger partial charge on any atom is -0.0719 e. The summed E-state index contributed by atoms with van der Waals surface area (Å²) in [6, 6.07) is 26.6. The molecule has 0 N–H and O–H groups in total. The summed E-state index contributed by atoms with van der Waals surface area (Å²) in [5.41, 5.74) is 2.24. The fourth-order valence-corrected chi connectivity index (χ4v) is 5.98. The van der Waals surface area contributed by atoms with Crippen molar-refractivity contribution < 1.29 is 0 Å². The molecule has 0 atom stereocenters. The summed E-state index contributed by atoms with van der Waals surface area (Å²) in [6.45, 7) is 26.7. The van der Waals surface area contributed by atoms with E-state index in [0.29, 0.717) is 10.5 Å².